The molecule has 1 amide bonds. The number of aromatic nitrogens is 4. The number of amides is 1. The topological polar surface area (TPSA) is 87.9 Å². The molecule has 5 rings (SSSR count). The Kier molecular flexibility index (Phi) is 4.72. The lowest BCUT2D eigenvalue weighted by Gasteiger charge is -2.25. The highest BCUT2D eigenvalue weighted by atomic mass is 32.1. The molecule has 2 radical (unpaired) electrons. The van der Waals surface area contributed by atoms with E-state index in [1.807, 2.05) is 6.07 Å². The second-order valence-corrected chi connectivity index (χ2v) is 6.71. The van der Waals surface area contributed by atoms with Gasteiger partial charge in [-0.25, -0.2) is 14.4 Å². The molecule has 0 atom stereocenters. The number of thiazole rings is 1. The molecule has 10 heteroatoms. The Morgan fingerprint density at radius 3 is 3.07 bits per heavy atom. The van der Waals surface area contributed by atoms with Crippen molar-refractivity contribution in [3.8, 4) is 0 Å². The first-order valence-electron chi connectivity index (χ1n) is 8.10. The van der Waals surface area contributed by atoms with Gasteiger partial charge < -0.3 is 14.3 Å². The summed E-state index contributed by atoms with van der Waals surface area (Å²) >= 11 is 1.45. The average Bonchev–Trinajstić information content (AvgIpc) is 3.41. The van der Waals surface area contributed by atoms with Gasteiger partial charge in [-0.05, 0) is 12.1 Å². The quantitative estimate of drug-likeness (QED) is 0.509. The minimum atomic E-state index is -0.237. The molecule has 1 aliphatic rings. The van der Waals surface area contributed by atoms with E-state index >= 15 is 0 Å². The third kappa shape index (κ3) is 3.61. The van der Waals surface area contributed by atoms with Gasteiger partial charge in [0.25, 0.3) is 5.91 Å². The van der Waals surface area contributed by atoms with E-state index in [0.717, 1.165) is 16.1 Å². The molecule has 134 valence electrons. The molecule has 0 spiro atoms. The van der Waals surface area contributed by atoms with E-state index < -0.39 is 0 Å². The van der Waals surface area contributed by atoms with Crippen LogP contribution in [-0.2, 0) is 13.0 Å². The molecule has 0 saturated heterocycles. The lowest BCUT2D eigenvalue weighted by molar-refractivity contribution is 0.0699. The highest BCUT2D eigenvalue weighted by Crippen LogP contribution is 2.19. The molecular formula is C17H13BFN5O2S. The molecule has 4 heterocycles. The van der Waals surface area contributed by atoms with Crippen molar-refractivity contribution < 1.29 is 13.6 Å². The first-order valence-corrected chi connectivity index (χ1v) is 8.98. The summed E-state index contributed by atoms with van der Waals surface area (Å²) in [5, 5.41) is 0. The van der Waals surface area contributed by atoms with Crippen LogP contribution in [-0.4, -0.2) is 45.1 Å². The van der Waals surface area contributed by atoms with Gasteiger partial charge in [0.2, 0.25) is 5.76 Å². The Hall–Kier alpha value is -3.01. The molecule has 1 aromatic carbocycles. The number of carbonyl (C=O) groups is 1. The van der Waals surface area contributed by atoms with Crippen molar-refractivity contribution in [1.82, 2.24) is 24.8 Å². The van der Waals surface area contributed by atoms with Crippen LogP contribution in [0.5, 0.6) is 0 Å². The molecule has 4 aromatic rings. The van der Waals surface area contributed by atoms with Gasteiger partial charge in [0.05, 0.1) is 34.3 Å². The van der Waals surface area contributed by atoms with Crippen molar-refractivity contribution in [2.24, 2.45) is 0 Å². The number of hydrogen-bond acceptors (Lipinski definition) is 6. The number of nitrogens with zero attached hydrogens (tertiary/aromatic N) is 4. The van der Waals surface area contributed by atoms with Crippen LogP contribution in [0, 0.1) is 5.82 Å². The van der Waals surface area contributed by atoms with Gasteiger partial charge in [-0.2, -0.15) is 0 Å². The number of halogens is 1. The van der Waals surface area contributed by atoms with E-state index in [4.69, 9.17) is 12.3 Å². The second-order valence-electron chi connectivity index (χ2n) is 5.83. The predicted octanol–water partition coefficient (Wildman–Crippen LogP) is 1.83. The Balaban J connectivity index is 0.000000153. The summed E-state index contributed by atoms with van der Waals surface area (Å²) in [7, 11) is 5.58. The third-order valence-electron chi connectivity index (χ3n) is 4.09. The van der Waals surface area contributed by atoms with Crippen molar-refractivity contribution in [3.63, 3.8) is 0 Å². The van der Waals surface area contributed by atoms with Gasteiger partial charge in [-0.3, -0.25) is 9.78 Å². The van der Waals surface area contributed by atoms with Gasteiger partial charge in [0.1, 0.15) is 11.3 Å². The van der Waals surface area contributed by atoms with Gasteiger partial charge in [-0.1, -0.05) is 6.07 Å². The number of aromatic amines is 1. The number of hydrogen-bond donors (Lipinski definition) is 1. The molecule has 0 unspecified atom stereocenters. The number of oxazole rings is 1. The number of carbonyl (C=O) groups excluding carboxylic acids is 1. The summed E-state index contributed by atoms with van der Waals surface area (Å²) in [6.45, 7) is 1.08. The SMILES string of the molecule is Fc1cccc2scnc12.[B]c1nc2c([nH]1)CN(C(=O)c1cnco1)CC2. The lowest BCUT2D eigenvalue weighted by Crippen LogP contribution is -2.35. The number of para-hydroxylation sites is 1. The van der Waals surface area contributed by atoms with Gasteiger partial charge in [0.15, 0.2) is 14.2 Å². The number of rotatable bonds is 1. The fraction of sp³-hybridized carbons (Fsp3) is 0.176. The van der Waals surface area contributed by atoms with Crippen LogP contribution in [0.3, 0.4) is 0 Å². The smallest absolute Gasteiger partial charge is 0.291 e. The first-order chi connectivity index (χ1) is 13.1. The van der Waals surface area contributed by atoms with Gasteiger partial charge in [0, 0.05) is 18.7 Å². The third-order valence-corrected chi connectivity index (χ3v) is 4.89. The minimum Gasteiger partial charge on any atom is -0.438 e. The molecule has 0 saturated carbocycles. The van der Waals surface area contributed by atoms with E-state index in [1.165, 1.54) is 30.0 Å². The monoisotopic (exact) mass is 381 g/mol. The Labute approximate surface area is 158 Å². The molecule has 3 aromatic heterocycles. The van der Waals surface area contributed by atoms with Crippen molar-refractivity contribution in [2.45, 2.75) is 13.0 Å². The maximum atomic E-state index is 12.8. The largest absolute Gasteiger partial charge is 0.438 e. The van der Waals surface area contributed by atoms with Crippen LogP contribution in [0.2, 0.25) is 0 Å². The molecule has 0 fully saturated rings. The van der Waals surface area contributed by atoms with Crippen molar-refractivity contribution in [3.05, 3.63) is 59.3 Å². The first kappa shape index (κ1) is 17.4. The number of H-pyrrole nitrogens is 1. The van der Waals surface area contributed by atoms with Crippen LogP contribution >= 0.6 is 11.3 Å². The predicted molar refractivity (Wildman–Crippen MR) is 98.5 cm³/mol. The summed E-state index contributed by atoms with van der Waals surface area (Å²) in [5.74, 6) is -0.152. The molecule has 7 nitrogen and oxygen atoms in total. The van der Waals surface area contributed by atoms with Crippen molar-refractivity contribution in [1.29, 1.82) is 0 Å². The van der Waals surface area contributed by atoms with Crippen LogP contribution in [0.25, 0.3) is 10.2 Å². The molecule has 27 heavy (non-hydrogen) atoms. The maximum Gasteiger partial charge on any atom is 0.291 e. The summed E-state index contributed by atoms with van der Waals surface area (Å²) < 4.78 is 18.7. The highest BCUT2D eigenvalue weighted by Gasteiger charge is 2.25. The van der Waals surface area contributed by atoms with Crippen LogP contribution in [0.1, 0.15) is 21.9 Å². The normalized spacial score (nSPS) is 13.1. The summed E-state index contributed by atoms with van der Waals surface area (Å²) in [6.07, 6.45) is 3.36. The zero-order chi connectivity index (χ0) is 18.8. The Morgan fingerprint density at radius 1 is 1.41 bits per heavy atom. The average molecular weight is 381 g/mol. The fourth-order valence-electron chi connectivity index (χ4n) is 2.82. The van der Waals surface area contributed by atoms with Crippen LogP contribution < -0.4 is 5.72 Å². The molecule has 1 aliphatic heterocycles. The minimum absolute atomic E-state index is 0.165. The summed E-state index contributed by atoms with van der Waals surface area (Å²) in [5.41, 5.74) is 4.34. The van der Waals surface area contributed by atoms with Crippen LogP contribution in [0.15, 0.2) is 40.7 Å². The Morgan fingerprint density at radius 2 is 2.30 bits per heavy atom. The number of benzene rings is 1. The van der Waals surface area contributed by atoms with E-state index in [-0.39, 0.29) is 17.5 Å². The van der Waals surface area contributed by atoms with E-state index in [1.54, 1.807) is 16.5 Å². The standard InChI is InChI=1S/C10H9BN4O2.C7H4FNS/c11-10-13-6-1-2-15(4-7(6)14-10)9(16)8-3-12-5-17-8;8-5-2-1-3-6-7(5)9-4-10-6/h3,5H,1-2,4H2,(H,13,14);1-4H. The maximum absolute atomic E-state index is 12.8. The zero-order valence-electron chi connectivity index (χ0n) is 14.1. The van der Waals surface area contributed by atoms with E-state index in [9.17, 15) is 9.18 Å². The fourth-order valence-corrected chi connectivity index (χ4v) is 3.51. The van der Waals surface area contributed by atoms with Crippen molar-refractivity contribution >= 4 is 41.0 Å². The molecular weight excluding hydrogens is 368 g/mol. The van der Waals surface area contributed by atoms with E-state index in [2.05, 4.69) is 19.9 Å². The van der Waals surface area contributed by atoms with Gasteiger partial charge in [-0.15, -0.1) is 11.3 Å². The summed E-state index contributed by atoms with van der Waals surface area (Å²) in [4.78, 5) is 28.4. The highest BCUT2D eigenvalue weighted by molar-refractivity contribution is 7.16. The zero-order valence-corrected chi connectivity index (χ0v) is 14.9. The second kappa shape index (κ2) is 7.32. The van der Waals surface area contributed by atoms with Crippen molar-refractivity contribution in [2.75, 3.05) is 6.54 Å². The summed E-state index contributed by atoms with van der Waals surface area (Å²) in [6, 6.07) is 4.97. The molecule has 0 bridgehead atoms. The number of imidazole rings is 1. The van der Waals surface area contributed by atoms with Gasteiger partial charge >= 0.3 is 0 Å². The Bertz CT molecular complexity index is 1080. The van der Waals surface area contributed by atoms with E-state index in [0.29, 0.717) is 30.8 Å². The lowest BCUT2D eigenvalue weighted by atomic mass is 10.1. The number of nitrogens with one attached hydrogen (secondary N) is 1. The van der Waals surface area contributed by atoms with Crippen LogP contribution in [0.4, 0.5) is 4.39 Å². The molecule has 0 aliphatic carbocycles. The molecule has 1 N–H and O–H groups in total. The number of fused-ring (bicyclic) bond motifs is 2.